The fraction of sp³-hybridized carbons (Fsp3) is 0.270. The number of phenolic OH excluding ortho intramolecular Hbond substituents is 1. The van der Waals surface area contributed by atoms with Gasteiger partial charge in [-0.1, -0.05) is 28.1 Å². The summed E-state index contributed by atoms with van der Waals surface area (Å²) in [5.74, 6) is 3.40. The van der Waals surface area contributed by atoms with Gasteiger partial charge in [0, 0.05) is 71.4 Å². The summed E-state index contributed by atoms with van der Waals surface area (Å²) in [4.78, 5) is 17.7. The first-order valence-electron chi connectivity index (χ1n) is 15.8. The predicted octanol–water partition coefficient (Wildman–Crippen LogP) is 7.15. The lowest BCUT2D eigenvalue weighted by molar-refractivity contribution is -0.118. The molecule has 0 atom stereocenters. The van der Waals surface area contributed by atoms with Crippen LogP contribution in [0.5, 0.6) is 28.7 Å². The van der Waals surface area contributed by atoms with E-state index >= 15 is 0 Å². The van der Waals surface area contributed by atoms with E-state index in [0.29, 0.717) is 25.2 Å². The van der Waals surface area contributed by atoms with Gasteiger partial charge in [0.15, 0.2) is 5.75 Å². The summed E-state index contributed by atoms with van der Waals surface area (Å²) in [5, 5.41) is 13.9. The highest BCUT2D eigenvalue weighted by molar-refractivity contribution is 9.10. The van der Waals surface area contributed by atoms with E-state index in [1.165, 1.54) is 0 Å². The molecule has 0 saturated carbocycles. The lowest BCUT2D eigenvalue weighted by Gasteiger charge is -2.60. The zero-order valence-corrected chi connectivity index (χ0v) is 28.1. The van der Waals surface area contributed by atoms with Gasteiger partial charge in [-0.15, -0.1) is 11.3 Å². The predicted molar refractivity (Wildman–Crippen MR) is 187 cm³/mol. The molecule has 4 aromatic carbocycles. The van der Waals surface area contributed by atoms with Crippen molar-refractivity contribution < 1.29 is 24.1 Å². The molecule has 2 fully saturated rings. The molecular weight excluding hydrogens is 678 g/mol. The van der Waals surface area contributed by atoms with Crippen molar-refractivity contribution in [1.82, 2.24) is 15.1 Å². The number of carbonyl (C=O) groups excluding carboxylic acids is 1. The molecule has 0 unspecified atom stereocenters. The summed E-state index contributed by atoms with van der Waals surface area (Å²) in [6, 6.07) is 27.1. The summed E-state index contributed by atoms with van der Waals surface area (Å²) in [6.07, 6.45) is 0. The van der Waals surface area contributed by atoms with Gasteiger partial charge in [0.1, 0.15) is 36.2 Å². The van der Waals surface area contributed by atoms with Gasteiger partial charge < -0.3 is 24.6 Å². The molecule has 5 aromatic rings. The maximum Gasteiger partial charge on any atom is 0.251 e. The number of ether oxygens (including phenoxy) is 3. The van der Waals surface area contributed by atoms with E-state index in [4.69, 9.17) is 14.2 Å². The molecule has 8 nitrogen and oxygen atoms in total. The number of phenols is 1. The largest absolute Gasteiger partial charge is 0.508 e. The third-order valence-corrected chi connectivity index (χ3v) is 10.8. The lowest BCUT2D eigenvalue weighted by atomic mass is 9.73. The molecule has 8 rings (SSSR count). The first-order chi connectivity index (χ1) is 22.9. The van der Waals surface area contributed by atoms with Crippen LogP contribution in [0.15, 0.2) is 89.4 Å². The quantitative estimate of drug-likeness (QED) is 0.151. The third kappa shape index (κ3) is 6.30. The Morgan fingerprint density at radius 1 is 0.809 bits per heavy atom. The zero-order valence-electron chi connectivity index (χ0n) is 25.7. The van der Waals surface area contributed by atoms with Crippen LogP contribution < -0.4 is 19.5 Å². The Hall–Kier alpha value is -4.09. The van der Waals surface area contributed by atoms with Crippen LogP contribution >= 0.6 is 27.3 Å². The highest BCUT2D eigenvalue weighted by Gasteiger charge is 2.50. The van der Waals surface area contributed by atoms with Crippen LogP contribution in [-0.4, -0.2) is 73.3 Å². The van der Waals surface area contributed by atoms with E-state index in [1.807, 2.05) is 60.7 Å². The van der Waals surface area contributed by atoms with Crippen molar-refractivity contribution in [2.24, 2.45) is 5.41 Å². The van der Waals surface area contributed by atoms with E-state index in [1.54, 1.807) is 23.5 Å². The second-order valence-corrected chi connectivity index (χ2v) is 14.6. The van der Waals surface area contributed by atoms with Crippen LogP contribution in [0, 0.1) is 5.41 Å². The summed E-state index contributed by atoms with van der Waals surface area (Å²) >= 11 is 5.12. The van der Waals surface area contributed by atoms with Crippen molar-refractivity contribution in [1.29, 1.82) is 0 Å². The average molecular weight is 713 g/mol. The monoisotopic (exact) mass is 711 g/mol. The Balaban J connectivity index is 0.783. The highest BCUT2D eigenvalue weighted by Crippen LogP contribution is 2.47. The molecule has 1 amide bonds. The number of carbonyl (C=O) groups is 1. The number of aromatic hydroxyl groups is 1. The molecule has 0 bridgehead atoms. The summed E-state index contributed by atoms with van der Waals surface area (Å²) in [7, 11) is 0. The number of hydrogen-bond acceptors (Lipinski definition) is 8. The summed E-state index contributed by atoms with van der Waals surface area (Å²) < 4.78 is 20.5. The number of amides is 1. The minimum Gasteiger partial charge on any atom is -0.508 e. The maximum atomic E-state index is 11.7. The van der Waals surface area contributed by atoms with E-state index in [0.717, 1.165) is 98.4 Å². The number of nitrogens with zero attached hydrogens (tertiary/aromatic N) is 2. The Morgan fingerprint density at radius 2 is 1.47 bits per heavy atom. The van der Waals surface area contributed by atoms with Crippen LogP contribution in [0.2, 0.25) is 0 Å². The molecule has 240 valence electrons. The second-order valence-electron chi connectivity index (χ2n) is 12.6. The molecule has 1 spiro atoms. The number of halogens is 1. The number of hydrogen-bond donors (Lipinski definition) is 2. The molecule has 3 aliphatic rings. The molecule has 1 aromatic heterocycles. The van der Waals surface area contributed by atoms with Crippen molar-refractivity contribution in [3.05, 3.63) is 101 Å². The van der Waals surface area contributed by atoms with E-state index in [9.17, 15) is 9.90 Å². The molecule has 0 radical (unpaired) electrons. The third-order valence-electron chi connectivity index (χ3n) is 9.13. The van der Waals surface area contributed by atoms with Gasteiger partial charge in [-0.2, -0.15) is 0 Å². The SMILES string of the molecule is O=C1NCc2cc(OCCN3CC4(CN(CCOc5ccc(Oc6c(-c7ccc(Br)cc7)sc7cc(O)ccc67)cc5)C4)C3)ccc21. The average Bonchev–Trinajstić information content (AvgIpc) is 3.58. The molecule has 2 saturated heterocycles. The van der Waals surface area contributed by atoms with Gasteiger partial charge in [-0.3, -0.25) is 14.6 Å². The molecule has 10 heteroatoms. The van der Waals surface area contributed by atoms with E-state index < -0.39 is 0 Å². The fourth-order valence-corrected chi connectivity index (χ4v) is 8.31. The van der Waals surface area contributed by atoms with Crippen LogP contribution in [0.3, 0.4) is 0 Å². The Kier molecular flexibility index (Phi) is 8.05. The molecule has 4 heterocycles. The van der Waals surface area contributed by atoms with Crippen molar-refractivity contribution in [3.63, 3.8) is 0 Å². The first-order valence-corrected chi connectivity index (χ1v) is 17.4. The number of thiophene rings is 1. The topological polar surface area (TPSA) is 83.5 Å². The van der Waals surface area contributed by atoms with Crippen molar-refractivity contribution in [2.75, 3.05) is 52.5 Å². The normalized spacial score (nSPS) is 16.8. The van der Waals surface area contributed by atoms with Gasteiger partial charge in [0.2, 0.25) is 0 Å². The number of rotatable bonds is 11. The molecule has 2 N–H and O–H groups in total. The Labute approximate surface area is 285 Å². The molecular formula is C37H34BrN3O5S. The van der Waals surface area contributed by atoms with Gasteiger partial charge >= 0.3 is 0 Å². The highest BCUT2D eigenvalue weighted by atomic mass is 79.9. The van der Waals surface area contributed by atoms with Crippen LogP contribution in [0.4, 0.5) is 0 Å². The minimum atomic E-state index is -0.00205. The van der Waals surface area contributed by atoms with Crippen molar-refractivity contribution >= 4 is 43.3 Å². The zero-order chi connectivity index (χ0) is 32.0. The van der Waals surface area contributed by atoms with Crippen molar-refractivity contribution in [3.8, 4) is 39.2 Å². The number of benzene rings is 4. The molecule has 47 heavy (non-hydrogen) atoms. The summed E-state index contributed by atoms with van der Waals surface area (Å²) in [5.41, 5.74) is 3.24. The lowest BCUT2D eigenvalue weighted by Crippen LogP contribution is -2.72. The van der Waals surface area contributed by atoms with E-state index in [-0.39, 0.29) is 11.7 Å². The number of likely N-dealkylation sites (tertiary alicyclic amines) is 2. The first kappa shape index (κ1) is 30.3. The van der Waals surface area contributed by atoms with Crippen LogP contribution in [0.25, 0.3) is 20.5 Å². The minimum absolute atomic E-state index is 0.00205. The van der Waals surface area contributed by atoms with Gasteiger partial charge in [0.25, 0.3) is 5.91 Å². The Morgan fingerprint density at radius 3 is 2.19 bits per heavy atom. The molecule has 3 aliphatic heterocycles. The van der Waals surface area contributed by atoms with E-state index in [2.05, 4.69) is 43.2 Å². The summed E-state index contributed by atoms with van der Waals surface area (Å²) in [6.45, 7) is 8.14. The fourth-order valence-electron chi connectivity index (χ4n) is 6.88. The van der Waals surface area contributed by atoms with Gasteiger partial charge in [0.05, 0.1) is 4.88 Å². The van der Waals surface area contributed by atoms with Crippen molar-refractivity contribution in [2.45, 2.75) is 6.54 Å². The smallest absolute Gasteiger partial charge is 0.251 e. The molecule has 0 aliphatic carbocycles. The Bertz CT molecular complexity index is 1930. The maximum absolute atomic E-state index is 11.7. The second kappa shape index (κ2) is 12.5. The van der Waals surface area contributed by atoms with Crippen LogP contribution in [0.1, 0.15) is 15.9 Å². The number of nitrogens with one attached hydrogen (secondary N) is 1. The number of fused-ring (bicyclic) bond motifs is 2. The van der Waals surface area contributed by atoms with Gasteiger partial charge in [-0.05, 0) is 83.9 Å². The van der Waals surface area contributed by atoms with Crippen LogP contribution in [-0.2, 0) is 6.54 Å². The van der Waals surface area contributed by atoms with Gasteiger partial charge in [-0.25, -0.2) is 0 Å². The standard InChI is InChI=1S/C37H34BrN3O5S/c38-26-3-1-24(2-4-26)35-34(32-11-5-27(42)18-33(32)47-35)46-29-8-6-28(7-9-29)44-15-13-40-20-37(21-40)22-41(23-37)14-16-45-30-10-12-31-25(17-30)19-39-36(31)43/h1-12,17-18,42H,13-16,19-23H2,(H,39,43).